The molecule has 3 nitrogen and oxygen atoms in total. The number of ether oxygens (including phenoxy) is 1. The second kappa shape index (κ2) is 6.78. The van der Waals surface area contributed by atoms with Crippen LogP contribution in [0, 0.1) is 0 Å². The lowest BCUT2D eigenvalue weighted by Crippen LogP contribution is -1.98. The van der Waals surface area contributed by atoms with Gasteiger partial charge in [0.15, 0.2) is 0 Å². The van der Waals surface area contributed by atoms with E-state index >= 15 is 0 Å². The van der Waals surface area contributed by atoms with Crippen LogP contribution in [0.25, 0.3) is 11.1 Å². The smallest absolute Gasteiger partial charge is 0.261 e. The SMILES string of the molecule is C/C=C/COc1ccc(S(=O)(=O)Cl)cc1-c1ccccc1. The second-order valence-corrected chi connectivity index (χ2v) is 6.91. The molecule has 0 radical (unpaired) electrons. The van der Waals surface area contributed by atoms with Gasteiger partial charge in [0.1, 0.15) is 12.4 Å². The first kappa shape index (κ1) is 15.6. The maximum atomic E-state index is 11.5. The molecule has 0 aromatic heterocycles. The molecule has 0 atom stereocenters. The topological polar surface area (TPSA) is 43.4 Å². The van der Waals surface area contributed by atoms with Crippen molar-refractivity contribution >= 4 is 19.7 Å². The standard InChI is InChI=1S/C16H15ClO3S/c1-2-3-11-20-16-10-9-14(21(17,18)19)12-15(16)13-7-5-4-6-8-13/h2-10,12H,11H2,1H3/b3-2+. The van der Waals surface area contributed by atoms with Gasteiger partial charge in [0.05, 0.1) is 4.90 Å². The van der Waals surface area contributed by atoms with E-state index in [-0.39, 0.29) is 4.90 Å². The van der Waals surface area contributed by atoms with Crippen molar-refractivity contribution in [1.82, 2.24) is 0 Å². The van der Waals surface area contributed by atoms with E-state index in [9.17, 15) is 8.42 Å². The van der Waals surface area contributed by atoms with E-state index < -0.39 is 9.05 Å². The summed E-state index contributed by atoms with van der Waals surface area (Å²) >= 11 is 0. The minimum atomic E-state index is -3.77. The average Bonchev–Trinajstić information content (AvgIpc) is 2.47. The van der Waals surface area contributed by atoms with Gasteiger partial charge in [-0.1, -0.05) is 42.5 Å². The minimum absolute atomic E-state index is 0.0569. The summed E-state index contributed by atoms with van der Waals surface area (Å²) < 4.78 is 28.7. The van der Waals surface area contributed by atoms with E-state index in [1.807, 2.05) is 49.4 Å². The van der Waals surface area contributed by atoms with E-state index in [4.69, 9.17) is 15.4 Å². The summed E-state index contributed by atoms with van der Waals surface area (Å²) in [7, 11) is 1.64. The lowest BCUT2D eigenvalue weighted by atomic mass is 10.0. The molecule has 2 rings (SSSR count). The first-order valence-electron chi connectivity index (χ1n) is 6.40. The van der Waals surface area contributed by atoms with Crippen LogP contribution in [0.3, 0.4) is 0 Å². The fourth-order valence-electron chi connectivity index (χ4n) is 1.86. The molecule has 21 heavy (non-hydrogen) atoms. The van der Waals surface area contributed by atoms with Gasteiger partial charge < -0.3 is 4.74 Å². The summed E-state index contributed by atoms with van der Waals surface area (Å²) in [6.07, 6.45) is 3.76. The molecule has 2 aromatic rings. The number of hydrogen-bond acceptors (Lipinski definition) is 3. The van der Waals surface area contributed by atoms with Gasteiger partial charge in [0.2, 0.25) is 0 Å². The predicted octanol–water partition coefficient (Wildman–Crippen LogP) is 4.24. The molecule has 0 heterocycles. The van der Waals surface area contributed by atoms with E-state index in [0.717, 1.165) is 5.56 Å². The largest absolute Gasteiger partial charge is 0.489 e. The predicted molar refractivity (Wildman–Crippen MR) is 85.2 cm³/mol. The van der Waals surface area contributed by atoms with Crippen molar-refractivity contribution in [3.8, 4) is 16.9 Å². The van der Waals surface area contributed by atoms with E-state index in [0.29, 0.717) is 17.9 Å². The summed E-state index contributed by atoms with van der Waals surface area (Å²) in [5, 5.41) is 0. The highest BCUT2D eigenvalue weighted by Crippen LogP contribution is 2.33. The summed E-state index contributed by atoms with van der Waals surface area (Å²) in [6, 6.07) is 14.0. The molecule has 0 amide bonds. The van der Waals surface area contributed by atoms with Gasteiger partial charge in [-0.05, 0) is 30.7 Å². The van der Waals surface area contributed by atoms with Crippen molar-refractivity contribution in [3.05, 3.63) is 60.7 Å². The van der Waals surface area contributed by atoms with Gasteiger partial charge in [-0.2, -0.15) is 0 Å². The molecule has 2 aromatic carbocycles. The van der Waals surface area contributed by atoms with Crippen LogP contribution in [-0.4, -0.2) is 15.0 Å². The lowest BCUT2D eigenvalue weighted by molar-refractivity contribution is 0.364. The zero-order chi connectivity index (χ0) is 15.3. The molecule has 0 N–H and O–H groups in total. The lowest BCUT2D eigenvalue weighted by Gasteiger charge is -2.11. The molecule has 0 bridgehead atoms. The monoisotopic (exact) mass is 322 g/mol. The summed E-state index contributed by atoms with van der Waals surface area (Å²) in [6.45, 7) is 2.33. The zero-order valence-corrected chi connectivity index (χ0v) is 13.1. The van der Waals surface area contributed by atoms with Crippen molar-refractivity contribution in [3.63, 3.8) is 0 Å². The minimum Gasteiger partial charge on any atom is -0.489 e. The highest BCUT2D eigenvalue weighted by atomic mass is 35.7. The fourth-order valence-corrected chi connectivity index (χ4v) is 2.64. The fraction of sp³-hybridized carbons (Fsp3) is 0.125. The molecular weight excluding hydrogens is 308 g/mol. The van der Waals surface area contributed by atoms with Crippen LogP contribution in [0.15, 0.2) is 65.6 Å². The molecule has 0 unspecified atom stereocenters. The maximum Gasteiger partial charge on any atom is 0.261 e. The quantitative estimate of drug-likeness (QED) is 0.611. The molecule has 0 saturated heterocycles. The first-order valence-corrected chi connectivity index (χ1v) is 8.71. The van der Waals surface area contributed by atoms with Crippen LogP contribution in [0.5, 0.6) is 5.75 Å². The Balaban J connectivity index is 2.50. The van der Waals surface area contributed by atoms with E-state index in [2.05, 4.69) is 0 Å². The van der Waals surface area contributed by atoms with Crippen LogP contribution < -0.4 is 4.74 Å². The van der Waals surface area contributed by atoms with Crippen LogP contribution >= 0.6 is 10.7 Å². The molecule has 0 aliphatic rings. The third-order valence-corrected chi connectivity index (χ3v) is 4.24. The van der Waals surface area contributed by atoms with Crippen LogP contribution in [0.4, 0.5) is 0 Å². The van der Waals surface area contributed by atoms with Crippen molar-refractivity contribution < 1.29 is 13.2 Å². The Kier molecular flexibility index (Phi) is 5.04. The van der Waals surface area contributed by atoms with Crippen LogP contribution in [-0.2, 0) is 9.05 Å². The summed E-state index contributed by atoms with van der Waals surface area (Å²) in [4.78, 5) is 0.0569. The Morgan fingerprint density at radius 2 is 1.86 bits per heavy atom. The third kappa shape index (κ3) is 4.09. The zero-order valence-electron chi connectivity index (χ0n) is 11.5. The van der Waals surface area contributed by atoms with E-state index in [1.54, 1.807) is 6.07 Å². The molecular formula is C16H15ClO3S. The Bertz CT molecular complexity index is 737. The molecule has 110 valence electrons. The summed E-state index contributed by atoms with van der Waals surface area (Å²) in [5.41, 5.74) is 1.57. The Morgan fingerprint density at radius 1 is 1.14 bits per heavy atom. The van der Waals surface area contributed by atoms with Gasteiger partial charge in [-0.3, -0.25) is 0 Å². The number of benzene rings is 2. The highest BCUT2D eigenvalue weighted by Gasteiger charge is 2.14. The summed E-state index contributed by atoms with van der Waals surface area (Å²) in [5.74, 6) is 0.614. The molecule has 0 fully saturated rings. The van der Waals surface area contributed by atoms with E-state index in [1.165, 1.54) is 12.1 Å². The highest BCUT2D eigenvalue weighted by molar-refractivity contribution is 8.13. The van der Waals surface area contributed by atoms with Gasteiger partial charge >= 0.3 is 0 Å². The van der Waals surface area contributed by atoms with Gasteiger partial charge in [-0.25, -0.2) is 8.42 Å². The van der Waals surface area contributed by atoms with Gasteiger partial charge in [-0.15, -0.1) is 0 Å². The van der Waals surface area contributed by atoms with Crippen molar-refractivity contribution in [1.29, 1.82) is 0 Å². The normalized spacial score (nSPS) is 11.7. The number of allylic oxidation sites excluding steroid dienone is 1. The molecule has 0 aliphatic carbocycles. The average molecular weight is 323 g/mol. The molecule has 5 heteroatoms. The molecule has 0 saturated carbocycles. The number of halogens is 1. The van der Waals surface area contributed by atoms with Gasteiger partial charge in [0.25, 0.3) is 9.05 Å². The number of rotatable bonds is 5. The second-order valence-electron chi connectivity index (χ2n) is 4.34. The Hall–Kier alpha value is -1.78. The Labute approximate surface area is 129 Å². The van der Waals surface area contributed by atoms with Crippen molar-refractivity contribution in [2.24, 2.45) is 0 Å². The maximum absolute atomic E-state index is 11.5. The molecule has 0 spiro atoms. The number of hydrogen-bond donors (Lipinski definition) is 0. The van der Waals surface area contributed by atoms with Crippen molar-refractivity contribution in [2.75, 3.05) is 6.61 Å². The molecule has 0 aliphatic heterocycles. The van der Waals surface area contributed by atoms with Gasteiger partial charge in [0, 0.05) is 16.2 Å². The van der Waals surface area contributed by atoms with Crippen molar-refractivity contribution in [2.45, 2.75) is 11.8 Å². The third-order valence-electron chi connectivity index (χ3n) is 2.89. The first-order chi connectivity index (χ1) is 10.0. The van der Waals surface area contributed by atoms with Crippen LogP contribution in [0.2, 0.25) is 0 Å². The van der Waals surface area contributed by atoms with Crippen LogP contribution in [0.1, 0.15) is 6.92 Å². The Morgan fingerprint density at radius 3 is 2.48 bits per heavy atom.